The number of hydrogen-bond donors (Lipinski definition) is 1. The Morgan fingerprint density at radius 1 is 1.45 bits per heavy atom. The fourth-order valence-electron chi connectivity index (χ4n) is 2.62. The Morgan fingerprint density at radius 3 is 2.82 bits per heavy atom. The highest BCUT2D eigenvalue weighted by Gasteiger charge is 2.44. The monoisotopic (exact) mass is 312 g/mol. The summed E-state index contributed by atoms with van der Waals surface area (Å²) in [5.74, 6) is -1.88. The lowest BCUT2D eigenvalue weighted by Crippen LogP contribution is -2.32. The van der Waals surface area contributed by atoms with Gasteiger partial charge in [0, 0.05) is 38.1 Å². The number of halogens is 3. The first-order valence-electron chi connectivity index (χ1n) is 6.88. The van der Waals surface area contributed by atoms with Gasteiger partial charge in [-0.1, -0.05) is 0 Å². The maximum absolute atomic E-state index is 12.7. The molecule has 3 heterocycles. The standard InChI is InChI=1S/C14H15F3N4O/c1-20-4-2-9(7-20)11-6-12(19-18-11)13(22)21-5-3-10(8-21)14(15,16)17/h2,4,6-7,10H,3,5,8H2,1H3,(H,18,19). The third-order valence-corrected chi connectivity index (χ3v) is 3.87. The molecular formula is C14H15F3N4O. The van der Waals surface area contributed by atoms with Crippen molar-refractivity contribution in [1.82, 2.24) is 19.7 Å². The second kappa shape index (κ2) is 5.19. The molecule has 22 heavy (non-hydrogen) atoms. The number of aromatic nitrogens is 3. The molecule has 1 atom stereocenters. The molecule has 0 aliphatic carbocycles. The van der Waals surface area contributed by atoms with E-state index in [1.807, 2.05) is 30.1 Å². The van der Waals surface area contributed by atoms with E-state index in [2.05, 4.69) is 10.2 Å². The van der Waals surface area contributed by atoms with Crippen molar-refractivity contribution in [3.05, 3.63) is 30.2 Å². The van der Waals surface area contributed by atoms with Gasteiger partial charge in [0.25, 0.3) is 5.91 Å². The third kappa shape index (κ3) is 2.72. The van der Waals surface area contributed by atoms with Crippen molar-refractivity contribution >= 4 is 5.91 Å². The molecular weight excluding hydrogens is 297 g/mol. The smallest absolute Gasteiger partial charge is 0.357 e. The Morgan fingerprint density at radius 2 is 2.23 bits per heavy atom. The lowest BCUT2D eigenvalue weighted by molar-refractivity contribution is -0.169. The van der Waals surface area contributed by atoms with E-state index in [-0.39, 0.29) is 25.2 Å². The minimum Gasteiger partial charge on any atom is -0.357 e. The van der Waals surface area contributed by atoms with Gasteiger partial charge in [0.2, 0.25) is 0 Å². The number of hydrogen-bond acceptors (Lipinski definition) is 2. The van der Waals surface area contributed by atoms with Crippen LogP contribution < -0.4 is 0 Å². The van der Waals surface area contributed by atoms with Crippen LogP contribution in [-0.2, 0) is 7.05 Å². The maximum Gasteiger partial charge on any atom is 0.393 e. The summed E-state index contributed by atoms with van der Waals surface area (Å²) in [5.41, 5.74) is 1.64. The van der Waals surface area contributed by atoms with Gasteiger partial charge >= 0.3 is 6.18 Å². The number of rotatable bonds is 2. The van der Waals surface area contributed by atoms with Gasteiger partial charge in [0.1, 0.15) is 5.69 Å². The summed E-state index contributed by atoms with van der Waals surface area (Å²) in [6.45, 7) is -0.176. The summed E-state index contributed by atoms with van der Waals surface area (Å²) >= 11 is 0. The van der Waals surface area contributed by atoms with Gasteiger partial charge in [-0.05, 0) is 18.6 Å². The summed E-state index contributed by atoms with van der Waals surface area (Å²) in [7, 11) is 1.86. The van der Waals surface area contributed by atoms with E-state index in [4.69, 9.17) is 0 Å². The van der Waals surface area contributed by atoms with Crippen molar-refractivity contribution in [2.75, 3.05) is 13.1 Å². The molecule has 0 saturated carbocycles. The van der Waals surface area contributed by atoms with E-state index in [0.717, 1.165) is 5.56 Å². The van der Waals surface area contributed by atoms with Gasteiger partial charge in [0.05, 0.1) is 11.6 Å². The van der Waals surface area contributed by atoms with Crippen LogP contribution in [0.2, 0.25) is 0 Å². The fourth-order valence-corrected chi connectivity index (χ4v) is 2.62. The summed E-state index contributed by atoms with van der Waals surface area (Å²) in [6, 6.07) is 3.42. The summed E-state index contributed by atoms with van der Waals surface area (Å²) in [6.07, 6.45) is -0.604. The zero-order valence-electron chi connectivity index (χ0n) is 11.9. The molecule has 1 unspecified atom stereocenters. The molecule has 2 aromatic rings. The molecule has 5 nitrogen and oxygen atoms in total. The first-order chi connectivity index (χ1) is 10.3. The molecule has 1 fully saturated rings. The number of alkyl halides is 3. The first-order valence-corrected chi connectivity index (χ1v) is 6.88. The molecule has 3 rings (SSSR count). The normalized spacial score (nSPS) is 18.9. The Hall–Kier alpha value is -2.25. The van der Waals surface area contributed by atoms with Crippen molar-refractivity contribution in [2.45, 2.75) is 12.6 Å². The van der Waals surface area contributed by atoms with E-state index in [9.17, 15) is 18.0 Å². The van der Waals surface area contributed by atoms with Crippen LogP contribution >= 0.6 is 0 Å². The largest absolute Gasteiger partial charge is 0.393 e. The number of carbonyl (C=O) groups is 1. The Labute approximate surface area is 124 Å². The molecule has 1 saturated heterocycles. The number of likely N-dealkylation sites (tertiary alicyclic amines) is 1. The van der Waals surface area contributed by atoms with Gasteiger partial charge in [0.15, 0.2) is 0 Å². The number of nitrogens with zero attached hydrogens (tertiary/aromatic N) is 3. The van der Waals surface area contributed by atoms with E-state index < -0.39 is 18.0 Å². The highest BCUT2D eigenvalue weighted by Crippen LogP contribution is 2.34. The molecule has 0 bridgehead atoms. The van der Waals surface area contributed by atoms with Gasteiger partial charge in [-0.15, -0.1) is 0 Å². The van der Waals surface area contributed by atoms with E-state index in [1.165, 1.54) is 4.90 Å². The Balaban J connectivity index is 1.73. The number of H-pyrrole nitrogens is 1. The van der Waals surface area contributed by atoms with Crippen molar-refractivity contribution in [3.63, 3.8) is 0 Å². The van der Waals surface area contributed by atoms with Gasteiger partial charge in [-0.2, -0.15) is 18.3 Å². The quantitative estimate of drug-likeness (QED) is 0.926. The summed E-state index contributed by atoms with van der Waals surface area (Å²) in [5, 5.41) is 6.66. The number of carbonyl (C=O) groups excluding carboxylic acids is 1. The average molecular weight is 312 g/mol. The predicted molar refractivity (Wildman–Crippen MR) is 73.1 cm³/mol. The molecule has 1 amide bonds. The number of nitrogens with one attached hydrogen (secondary N) is 1. The second-order valence-electron chi connectivity index (χ2n) is 5.51. The number of aryl methyl sites for hydroxylation is 1. The zero-order valence-corrected chi connectivity index (χ0v) is 11.9. The first kappa shape index (κ1) is 14.7. The highest BCUT2D eigenvalue weighted by atomic mass is 19.4. The predicted octanol–water partition coefficient (Wildman–Crippen LogP) is 2.44. The molecule has 118 valence electrons. The Bertz CT molecular complexity index is 688. The summed E-state index contributed by atoms with van der Waals surface area (Å²) in [4.78, 5) is 13.5. The fraction of sp³-hybridized carbons (Fsp3) is 0.429. The lowest BCUT2D eigenvalue weighted by Gasteiger charge is -2.17. The zero-order chi connectivity index (χ0) is 15.9. The SMILES string of the molecule is Cn1ccc(-c2cc(C(=O)N3CCC(C(F)(F)F)C3)[nH]n2)c1. The molecule has 1 aliphatic rings. The van der Waals surface area contributed by atoms with Gasteiger partial charge in [-0.25, -0.2) is 0 Å². The highest BCUT2D eigenvalue weighted by molar-refractivity contribution is 5.93. The van der Waals surface area contributed by atoms with Crippen LogP contribution in [0.25, 0.3) is 11.3 Å². The molecule has 0 radical (unpaired) electrons. The van der Waals surface area contributed by atoms with E-state index in [0.29, 0.717) is 5.69 Å². The topological polar surface area (TPSA) is 53.9 Å². The van der Waals surface area contributed by atoms with Crippen LogP contribution in [0.5, 0.6) is 0 Å². The van der Waals surface area contributed by atoms with Crippen LogP contribution in [0.1, 0.15) is 16.9 Å². The lowest BCUT2D eigenvalue weighted by atomic mass is 10.1. The van der Waals surface area contributed by atoms with Crippen LogP contribution in [0.3, 0.4) is 0 Å². The van der Waals surface area contributed by atoms with Crippen molar-refractivity contribution < 1.29 is 18.0 Å². The molecule has 0 aromatic carbocycles. The summed E-state index contributed by atoms with van der Waals surface area (Å²) < 4.78 is 39.8. The average Bonchev–Trinajstić information content (AvgIpc) is 3.16. The van der Waals surface area contributed by atoms with Crippen LogP contribution in [-0.4, -0.2) is 44.8 Å². The van der Waals surface area contributed by atoms with E-state index >= 15 is 0 Å². The van der Waals surface area contributed by atoms with Crippen molar-refractivity contribution in [3.8, 4) is 11.3 Å². The molecule has 1 N–H and O–H groups in total. The molecule has 2 aromatic heterocycles. The third-order valence-electron chi connectivity index (χ3n) is 3.87. The van der Waals surface area contributed by atoms with Crippen LogP contribution in [0, 0.1) is 5.92 Å². The number of amides is 1. The molecule has 1 aliphatic heterocycles. The van der Waals surface area contributed by atoms with E-state index in [1.54, 1.807) is 6.07 Å². The van der Waals surface area contributed by atoms with Crippen molar-refractivity contribution in [2.24, 2.45) is 13.0 Å². The number of aromatic amines is 1. The van der Waals surface area contributed by atoms with Gasteiger partial charge in [-0.3, -0.25) is 9.89 Å². The Kier molecular flexibility index (Phi) is 3.46. The minimum absolute atomic E-state index is 0.0467. The van der Waals surface area contributed by atoms with Crippen molar-refractivity contribution in [1.29, 1.82) is 0 Å². The second-order valence-corrected chi connectivity index (χ2v) is 5.51. The van der Waals surface area contributed by atoms with Gasteiger partial charge < -0.3 is 9.47 Å². The maximum atomic E-state index is 12.7. The molecule has 8 heteroatoms. The molecule has 0 spiro atoms. The van der Waals surface area contributed by atoms with Crippen LogP contribution in [0.15, 0.2) is 24.5 Å². The van der Waals surface area contributed by atoms with Crippen LogP contribution in [0.4, 0.5) is 13.2 Å². The minimum atomic E-state index is -4.25.